The first-order valence-corrected chi connectivity index (χ1v) is 7.26. The van der Waals surface area contributed by atoms with Crippen molar-refractivity contribution in [3.8, 4) is 17.0 Å². The Morgan fingerprint density at radius 3 is 2.75 bits per heavy atom. The quantitative estimate of drug-likeness (QED) is 0.681. The molecule has 24 heavy (non-hydrogen) atoms. The van der Waals surface area contributed by atoms with Crippen LogP contribution in [0.1, 0.15) is 28.5 Å². The fourth-order valence-corrected chi connectivity index (χ4v) is 3.01. The lowest BCUT2D eigenvalue weighted by molar-refractivity contribution is -0.385. The second-order valence-electron chi connectivity index (χ2n) is 5.43. The van der Waals surface area contributed by atoms with Gasteiger partial charge in [0.15, 0.2) is 5.43 Å². The standard InChI is InChI=1S/C16H14N2O6/c1-3-8-4-5-10(18(22)23)15-13(8)14-9(7-24-15)12(19)6-11(16(20)21)17(14)2/h4-6H,3,7H2,1-2H3,(H,20,21). The molecule has 0 spiro atoms. The Labute approximate surface area is 136 Å². The monoisotopic (exact) mass is 330 g/mol. The van der Waals surface area contributed by atoms with Gasteiger partial charge in [0.1, 0.15) is 12.3 Å². The van der Waals surface area contributed by atoms with Crippen molar-refractivity contribution in [2.75, 3.05) is 0 Å². The molecule has 8 heteroatoms. The Morgan fingerprint density at radius 2 is 2.17 bits per heavy atom. The lowest BCUT2D eigenvalue weighted by Gasteiger charge is -2.25. The number of rotatable bonds is 3. The van der Waals surface area contributed by atoms with Crippen molar-refractivity contribution < 1.29 is 19.6 Å². The Morgan fingerprint density at radius 1 is 1.46 bits per heavy atom. The van der Waals surface area contributed by atoms with Gasteiger partial charge in [-0.1, -0.05) is 13.0 Å². The number of benzene rings is 1. The van der Waals surface area contributed by atoms with E-state index in [2.05, 4.69) is 0 Å². The summed E-state index contributed by atoms with van der Waals surface area (Å²) < 4.78 is 6.90. The molecular formula is C16H14N2O6. The zero-order chi connectivity index (χ0) is 17.6. The fraction of sp³-hybridized carbons (Fsp3) is 0.250. The Kier molecular flexibility index (Phi) is 3.59. The Balaban J connectivity index is 2.47. The topological polar surface area (TPSA) is 112 Å². The molecule has 0 aliphatic carbocycles. The summed E-state index contributed by atoms with van der Waals surface area (Å²) >= 11 is 0. The van der Waals surface area contributed by atoms with Crippen molar-refractivity contribution in [1.82, 2.24) is 4.57 Å². The second kappa shape index (κ2) is 5.48. The largest absolute Gasteiger partial charge is 0.481 e. The van der Waals surface area contributed by atoms with Gasteiger partial charge in [0.25, 0.3) is 0 Å². The maximum atomic E-state index is 12.3. The van der Waals surface area contributed by atoms with E-state index in [1.807, 2.05) is 6.92 Å². The number of hydrogen-bond acceptors (Lipinski definition) is 5. The number of pyridine rings is 1. The van der Waals surface area contributed by atoms with Crippen molar-refractivity contribution in [3.05, 3.63) is 55.4 Å². The van der Waals surface area contributed by atoms with E-state index in [4.69, 9.17) is 4.74 Å². The molecule has 1 N–H and O–H groups in total. The number of ether oxygens (including phenoxy) is 1. The molecule has 1 aromatic carbocycles. The number of carbonyl (C=O) groups is 1. The number of aromatic carboxylic acids is 1. The van der Waals surface area contributed by atoms with Crippen LogP contribution in [0.5, 0.6) is 5.75 Å². The van der Waals surface area contributed by atoms with Crippen LogP contribution < -0.4 is 10.2 Å². The fourth-order valence-electron chi connectivity index (χ4n) is 3.01. The smallest absolute Gasteiger partial charge is 0.352 e. The molecular weight excluding hydrogens is 316 g/mol. The van der Waals surface area contributed by atoms with Crippen molar-refractivity contribution in [1.29, 1.82) is 0 Å². The van der Waals surface area contributed by atoms with Gasteiger partial charge in [0.05, 0.1) is 21.7 Å². The lowest BCUT2D eigenvalue weighted by atomic mass is 9.94. The normalized spacial score (nSPS) is 12.1. The van der Waals surface area contributed by atoms with Crippen LogP contribution in [-0.2, 0) is 20.1 Å². The molecule has 0 radical (unpaired) electrons. The minimum atomic E-state index is -1.24. The van der Waals surface area contributed by atoms with E-state index in [1.54, 1.807) is 6.07 Å². The van der Waals surface area contributed by atoms with Gasteiger partial charge in [-0.3, -0.25) is 14.9 Å². The number of hydrogen-bond donors (Lipinski definition) is 1. The van der Waals surface area contributed by atoms with Gasteiger partial charge in [0.2, 0.25) is 5.75 Å². The van der Waals surface area contributed by atoms with Gasteiger partial charge >= 0.3 is 11.7 Å². The van der Waals surface area contributed by atoms with Crippen molar-refractivity contribution in [2.45, 2.75) is 20.0 Å². The van der Waals surface area contributed by atoms with E-state index < -0.39 is 16.3 Å². The Hall–Kier alpha value is -3.16. The highest BCUT2D eigenvalue weighted by molar-refractivity contribution is 5.88. The molecule has 0 bridgehead atoms. The van der Waals surface area contributed by atoms with Gasteiger partial charge in [0, 0.05) is 19.2 Å². The summed E-state index contributed by atoms with van der Waals surface area (Å²) in [4.78, 5) is 34.4. The molecule has 0 saturated heterocycles. The van der Waals surface area contributed by atoms with E-state index in [9.17, 15) is 24.8 Å². The first-order chi connectivity index (χ1) is 11.4. The summed E-state index contributed by atoms with van der Waals surface area (Å²) in [6.45, 7) is 1.73. The van der Waals surface area contributed by atoms with Crippen LogP contribution in [0.4, 0.5) is 5.69 Å². The summed E-state index contributed by atoms with van der Waals surface area (Å²) in [6, 6.07) is 4.01. The molecule has 0 atom stereocenters. The molecule has 0 unspecified atom stereocenters. The molecule has 124 valence electrons. The molecule has 0 amide bonds. The first-order valence-electron chi connectivity index (χ1n) is 7.26. The van der Waals surface area contributed by atoms with Crippen LogP contribution in [0.2, 0.25) is 0 Å². The zero-order valence-corrected chi connectivity index (χ0v) is 13.0. The summed E-state index contributed by atoms with van der Waals surface area (Å²) in [6.07, 6.45) is 0.550. The average Bonchev–Trinajstić information content (AvgIpc) is 2.55. The van der Waals surface area contributed by atoms with Crippen LogP contribution in [0, 0.1) is 10.1 Å². The highest BCUT2D eigenvalue weighted by Crippen LogP contribution is 2.44. The second-order valence-corrected chi connectivity index (χ2v) is 5.43. The minimum absolute atomic E-state index is 0.0735. The predicted octanol–water partition coefficient (Wildman–Crippen LogP) is 2.11. The van der Waals surface area contributed by atoms with E-state index in [-0.39, 0.29) is 23.7 Å². The summed E-state index contributed by atoms with van der Waals surface area (Å²) in [7, 11) is 1.52. The number of carboxylic acid groups (broad SMARTS) is 1. The van der Waals surface area contributed by atoms with E-state index in [0.717, 1.165) is 11.6 Å². The predicted molar refractivity (Wildman–Crippen MR) is 84.4 cm³/mol. The molecule has 1 aliphatic heterocycles. The van der Waals surface area contributed by atoms with Gasteiger partial charge in [-0.05, 0) is 12.0 Å². The number of aromatic nitrogens is 1. The molecule has 0 fully saturated rings. The minimum Gasteiger partial charge on any atom is -0.481 e. The highest BCUT2D eigenvalue weighted by atomic mass is 16.6. The van der Waals surface area contributed by atoms with Crippen molar-refractivity contribution in [3.63, 3.8) is 0 Å². The molecule has 2 aromatic rings. The van der Waals surface area contributed by atoms with Crippen LogP contribution in [0.15, 0.2) is 23.0 Å². The van der Waals surface area contributed by atoms with Crippen LogP contribution >= 0.6 is 0 Å². The third-order valence-corrected chi connectivity index (χ3v) is 4.17. The summed E-state index contributed by atoms with van der Waals surface area (Å²) in [5.41, 5.74) is 0.970. The average molecular weight is 330 g/mol. The zero-order valence-electron chi connectivity index (χ0n) is 13.0. The van der Waals surface area contributed by atoms with E-state index in [0.29, 0.717) is 23.2 Å². The number of nitro benzene ring substituents is 1. The number of fused-ring (bicyclic) bond motifs is 3. The van der Waals surface area contributed by atoms with Gasteiger partial charge < -0.3 is 14.4 Å². The van der Waals surface area contributed by atoms with Crippen molar-refractivity contribution >= 4 is 11.7 Å². The third kappa shape index (κ3) is 2.15. The molecule has 2 heterocycles. The Bertz CT molecular complexity index is 945. The van der Waals surface area contributed by atoms with Crippen LogP contribution in [-0.4, -0.2) is 20.6 Å². The first kappa shape index (κ1) is 15.7. The van der Waals surface area contributed by atoms with Crippen LogP contribution in [0.3, 0.4) is 0 Å². The van der Waals surface area contributed by atoms with E-state index >= 15 is 0 Å². The molecule has 3 rings (SSSR count). The molecule has 1 aliphatic rings. The molecule has 0 saturated carbocycles. The van der Waals surface area contributed by atoms with E-state index in [1.165, 1.54) is 17.7 Å². The number of carboxylic acids is 1. The van der Waals surface area contributed by atoms with Gasteiger partial charge in [-0.15, -0.1) is 0 Å². The summed E-state index contributed by atoms with van der Waals surface area (Å²) in [5.74, 6) is -1.17. The van der Waals surface area contributed by atoms with Crippen molar-refractivity contribution in [2.24, 2.45) is 7.05 Å². The highest BCUT2D eigenvalue weighted by Gasteiger charge is 2.32. The third-order valence-electron chi connectivity index (χ3n) is 4.17. The maximum absolute atomic E-state index is 12.3. The SMILES string of the molecule is CCc1ccc([N+](=O)[O-])c2c1-c1c(c(=O)cc(C(=O)O)n1C)CO2. The maximum Gasteiger partial charge on any atom is 0.352 e. The number of nitro groups is 1. The van der Waals surface area contributed by atoms with Crippen LogP contribution in [0.25, 0.3) is 11.3 Å². The molecule has 8 nitrogen and oxygen atoms in total. The lowest BCUT2D eigenvalue weighted by Crippen LogP contribution is -2.25. The van der Waals surface area contributed by atoms with Gasteiger partial charge in [-0.2, -0.15) is 0 Å². The summed E-state index contributed by atoms with van der Waals surface area (Å²) in [5, 5.41) is 20.6. The number of aryl methyl sites for hydroxylation is 1. The van der Waals surface area contributed by atoms with Gasteiger partial charge in [-0.25, -0.2) is 4.79 Å². The number of nitrogens with zero attached hydrogens (tertiary/aromatic N) is 2. The molecule has 1 aromatic heterocycles.